The molecule has 0 aromatic carbocycles. The second-order valence-corrected chi connectivity index (χ2v) is 13.5. The Labute approximate surface area is 219 Å². The summed E-state index contributed by atoms with van der Waals surface area (Å²) >= 11 is 0.422. The van der Waals surface area contributed by atoms with Crippen LogP contribution in [0.3, 0.4) is 0 Å². The number of ether oxygens (including phenoxy) is 1. The lowest BCUT2D eigenvalue weighted by Crippen LogP contribution is -2.71. The Hall–Kier alpha value is -1.61. The summed E-state index contributed by atoms with van der Waals surface area (Å²) in [5, 5.41) is 10.9. The number of aliphatic hydroxyl groups excluding tert-OH is 1. The molecule has 204 valence electrons. The molecular weight excluding hydrogens is 505 g/mol. The Morgan fingerprint density at radius 3 is 2.46 bits per heavy atom. The molecule has 0 bridgehead atoms. The zero-order valence-electron chi connectivity index (χ0n) is 21.7. The van der Waals surface area contributed by atoms with Crippen LogP contribution < -0.4 is 0 Å². The van der Waals surface area contributed by atoms with Gasteiger partial charge in [0.2, 0.25) is 5.12 Å². The van der Waals surface area contributed by atoms with Crippen molar-refractivity contribution in [2.45, 2.75) is 89.8 Å². The molecule has 0 spiro atoms. The molecule has 9 heteroatoms. The average molecular weight is 541 g/mol. The fraction of sp³-hybridized carbons (Fsp3) is 0.750. The van der Waals surface area contributed by atoms with E-state index >= 15 is 8.78 Å². The number of allylic oxidation sites excluding steroid dienone is 4. The lowest BCUT2D eigenvalue weighted by Gasteiger charge is -2.63. The van der Waals surface area contributed by atoms with Crippen LogP contribution in [0.4, 0.5) is 13.2 Å². The first-order valence-corrected chi connectivity index (χ1v) is 14.1. The van der Waals surface area contributed by atoms with Gasteiger partial charge in [-0.25, -0.2) is 13.2 Å². The second kappa shape index (κ2) is 8.44. The molecular formula is C28H35F3O5S. The van der Waals surface area contributed by atoms with Crippen LogP contribution in [0.15, 0.2) is 23.8 Å². The highest BCUT2D eigenvalue weighted by Gasteiger charge is 2.78. The molecule has 4 saturated carbocycles. The first kappa shape index (κ1) is 27.0. The van der Waals surface area contributed by atoms with Crippen molar-refractivity contribution < 1.29 is 37.4 Å². The van der Waals surface area contributed by atoms with Gasteiger partial charge in [-0.3, -0.25) is 14.4 Å². The van der Waals surface area contributed by atoms with Crippen molar-refractivity contribution in [2.24, 2.45) is 34.0 Å². The predicted molar refractivity (Wildman–Crippen MR) is 133 cm³/mol. The van der Waals surface area contributed by atoms with E-state index in [-0.39, 0.29) is 24.8 Å². The number of esters is 1. The van der Waals surface area contributed by atoms with Gasteiger partial charge in [-0.2, -0.15) is 0 Å². The van der Waals surface area contributed by atoms with Gasteiger partial charge in [0.05, 0.1) is 11.5 Å². The highest BCUT2D eigenvalue weighted by molar-refractivity contribution is 8.13. The number of halogens is 3. The summed E-state index contributed by atoms with van der Waals surface area (Å²) in [5.74, 6) is -3.19. The molecule has 0 amide bonds. The largest absolute Gasteiger partial charge is 0.449 e. The van der Waals surface area contributed by atoms with E-state index < -0.39 is 80.4 Å². The third-order valence-electron chi connectivity index (χ3n) is 10.9. The molecule has 37 heavy (non-hydrogen) atoms. The Morgan fingerprint density at radius 2 is 1.86 bits per heavy atom. The minimum absolute atomic E-state index is 0.0205. The number of carbonyl (C=O) groups is 3. The molecule has 0 heterocycles. The zero-order chi connectivity index (χ0) is 27.2. The fourth-order valence-corrected chi connectivity index (χ4v) is 9.34. The van der Waals surface area contributed by atoms with E-state index in [1.807, 2.05) is 0 Å². The average Bonchev–Trinajstić information content (AvgIpc) is 3.03. The number of rotatable bonds is 4. The topological polar surface area (TPSA) is 80.7 Å². The van der Waals surface area contributed by atoms with Gasteiger partial charge in [-0.15, -0.1) is 0 Å². The number of fused-ring (bicyclic) bond motifs is 5. The molecule has 4 fully saturated rings. The van der Waals surface area contributed by atoms with Crippen molar-refractivity contribution >= 4 is 28.6 Å². The lowest BCUT2D eigenvalue weighted by molar-refractivity contribution is -0.233. The summed E-state index contributed by atoms with van der Waals surface area (Å²) in [6, 6.07) is -1.01. The van der Waals surface area contributed by atoms with Crippen molar-refractivity contribution in [1.29, 1.82) is 0 Å². The predicted octanol–water partition coefficient (Wildman–Crippen LogP) is 5.21. The fourth-order valence-electron chi connectivity index (χ4n) is 8.56. The summed E-state index contributed by atoms with van der Waals surface area (Å²) in [6.07, 6.45) is 2.31. The summed E-state index contributed by atoms with van der Waals surface area (Å²) in [6.45, 7) is 6.74. The Morgan fingerprint density at radius 1 is 1.19 bits per heavy atom. The molecule has 0 saturated heterocycles. The Kier molecular flexibility index (Phi) is 6.16. The van der Waals surface area contributed by atoms with E-state index in [2.05, 4.69) is 0 Å². The maximum Gasteiger partial charge on any atom is 0.312 e. The van der Waals surface area contributed by atoms with Gasteiger partial charge in [0, 0.05) is 22.7 Å². The summed E-state index contributed by atoms with van der Waals surface area (Å²) in [7, 11) is 0. The van der Waals surface area contributed by atoms with Gasteiger partial charge >= 0.3 is 5.97 Å². The molecule has 5 aliphatic carbocycles. The smallest absolute Gasteiger partial charge is 0.312 e. The van der Waals surface area contributed by atoms with Crippen LogP contribution in [0.1, 0.15) is 66.2 Å². The first-order valence-electron chi connectivity index (χ1n) is 13.1. The molecule has 5 rings (SSSR count). The third kappa shape index (κ3) is 3.25. The molecule has 9 atom stereocenters. The van der Waals surface area contributed by atoms with Crippen LogP contribution in [0, 0.1) is 34.0 Å². The summed E-state index contributed by atoms with van der Waals surface area (Å²) < 4.78 is 52.8. The second-order valence-electron chi connectivity index (χ2n) is 12.6. The van der Waals surface area contributed by atoms with Crippen LogP contribution in [-0.2, 0) is 19.1 Å². The quantitative estimate of drug-likeness (QED) is 0.493. The number of thioether (sulfide) groups is 1. The summed E-state index contributed by atoms with van der Waals surface area (Å²) in [4.78, 5) is 39.1. The normalized spacial score (nSPS) is 47.7. The van der Waals surface area contributed by atoms with E-state index in [9.17, 15) is 23.9 Å². The van der Waals surface area contributed by atoms with Crippen LogP contribution >= 0.6 is 11.8 Å². The zero-order valence-corrected chi connectivity index (χ0v) is 22.5. The van der Waals surface area contributed by atoms with Crippen LogP contribution in [0.25, 0.3) is 0 Å². The number of hydrogen-bond acceptors (Lipinski definition) is 6. The molecule has 0 aromatic rings. The number of ketones is 1. The minimum atomic E-state index is -2.31. The monoisotopic (exact) mass is 540 g/mol. The van der Waals surface area contributed by atoms with E-state index in [0.29, 0.717) is 24.6 Å². The molecule has 5 unspecified atom stereocenters. The molecule has 1 N–H and O–H groups in total. The molecule has 0 aliphatic heterocycles. The van der Waals surface area contributed by atoms with E-state index in [1.54, 1.807) is 20.8 Å². The summed E-state index contributed by atoms with van der Waals surface area (Å²) in [5.41, 5.74) is -7.61. The minimum Gasteiger partial charge on any atom is -0.449 e. The highest BCUT2D eigenvalue weighted by Crippen LogP contribution is 2.72. The first-order chi connectivity index (χ1) is 17.2. The maximum absolute atomic E-state index is 17.4. The molecule has 5 aliphatic rings. The SMILES string of the molecule is CC1C[C@H]2[C@@H]3CC(F)C4=CC(=O)C=C[C@]4(C)C3(F)C(O)C[C@]2(C)C1(OC(=O)C1(C)CCC1)C(=O)SCF. The van der Waals surface area contributed by atoms with Gasteiger partial charge in [0.25, 0.3) is 0 Å². The van der Waals surface area contributed by atoms with Crippen LogP contribution in [0.5, 0.6) is 0 Å². The van der Waals surface area contributed by atoms with Gasteiger partial charge in [0.1, 0.15) is 12.2 Å². The van der Waals surface area contributed by atoms with Gasteiger partial charge < -0.3 is 9.84 Å². The third-order valence-corrected chi connectivity index (χ3v) is 11.5. The maximum atomic E-state index is 17.4. The Balaban J connectivity index is 1.62. The van der Waals surface area contributed by atoms with E-state index in [1.165, 1.54) is 19.1 Å². The van der Waals surface area contributed by atoms with Crippen LogP contribution in [0.2, 0.25) is 0 Å². The number of alkyl halides is 3. The van der Waals surface area contributed by atoms with Crippen molar-refractivity contribution in [2.75, 3.05) is 6.01 Å². The standard InChI is InChI=1S/C28H35F3O5S/c1-15-10-17-18-12-20(30)19-11-16(32)6-9-25(19,3)27(18,31)21(33)13-26(17,4)28(15,23(35)37-14-29)36-22(34)24(2)7-5-8-24/h6,9,11,15,17-18,20-21,33H,5,7-8,10,12-14H2,1-4H3/t15?,17-,18-,20?,21?,25-,26-,27?,28?/m0/s1. The van der Waals surface area contributed by atoms with Gasteiger partial charge in [0.15, 0.2) is 17.1 Å². The van der Waals surface area contributed by atoms with Crippen molar-refractivity contribution in [3.8, 4) is 0 Å². The van der Waals surface area contributed by atoms with E-state index in [0.717, 1.165) is 12.5 Å². The molecule has 5 nitrogen and oxygen atoms in total. The highest BCUT2D eigenvalue weighted by atomic mass is 32.2. The van der Waals surface area contributed by atoms with Gasteiger partial charge in [-0.05, 0) is 81.4 Å². The van der Waals surface area contributed by atoms with E-state index in [4.69, 9.17) is 4.74 Å². The van der Waals surface area contributed by atoms with Crippen molar-refractivity contribution in [1.82, 2.24) is 0 Å². The molecule has 0 radical (unpaired) electrons. The molecule has 0 aromatic heterocycles. The number of aliphatic hydroxyl groups is 1. The number of carbonyl (C=O) groups excluding carboxylic acids is 3. The number of hydrogen-bond donors (Lipinski definition) is 1. The van der Waals surface area contributed by atoms with Crippen molar-refractivity contribution in [3.05, 3.63) is 23.8 Å². The van der Waals surface area contributed by atoms with Gasteiger partial charge in [-0.1, -0.05) is 26.3 Å². The Bertz CT molecular complexity index is 1100. The van der Waals surface area contributed by atoms with Crippen LogP contribution in [-0.4, -0.2) is 51.5 Å². The van der Waals surface area contributed by atoms with Crippen molar-refractivity contribution in [3.63, 3.8) is 0 Å². The lowest BCUT2D eigenvalue weighted by atomic mass is 9.44.